The van der Waals surface area contributed by atoms with Crippen molar-refractivity contribution < 1.29 is 13.7 Å². The molecule has 132 valence electrons. The molecule has 0 unspecified atom stereocenters. The second-order valence-corrected chi connectivity index (χ2v) is 5.89. The van der Waals surface area contributed by atoms with E-state index in [9.17, 15) is 4.39 Å². The lowest BCUT2D eigenvalue weighted by atomic mass is 10.1. The minimum Gasteiger partial charge on any atom is -0.497 e. The van der Waals surface area contributed by atoms with Crippen LogP contribution < -0.4 is 10.1 Å². The molecule has 0 fully saturated rings. The molecule has 4 aromatic rings. The van der Waals surface area contributed by atoms with Gasteiger partial charge in [-0.15, -0.1) is 0 Å². The summed E-state index contributed by atoms with van der Waals surface area (Å²) in [6.45, 7) is 0.419. The number of fused-ring (bicyclic) bond motifs is 1. The molecule has 0 amide bonds. The lowest BCUT2D eigenvalue weighted by Crippen LogP contribution is -2.04. The Balaban J connectivity index is 1.50. The fraction of sp³-hybridized carbons (Fsp3) is 0.158. The van der Waals surface area contributed by atoms with Gasteiger partial charge in [0.25, 0.3) is 0 Å². The molecule has 0 aliphatic heterocycles. The zero-order valence-corrected chi connectivity index (χ0v) is 14.4. The van der Waals surface area contributed by atoms with Crippen molar-refractivity contribution in [2.45, 2.75) is 6.54 Å². The highest BCUT2D eigenvalue weighted by atomic mass is 19.1. The summed E-state index contributed by atoms with van der Waals surface area (Å²) in [6, 6.07) is 14.0. The van der Waals surface area contributed by atoms with Crippen molar-refractivity contribution in [3.8, 4) is 17.0 Å². The van der Waals surface area contributed by atoms with E-state index < -0.39 is 0 Å². The smallest absolute Gasteiger partial charge is 0.203 e. The minimum absolute atomic E-state index is 0.286. The number of hydrogen-bond acceptors (Lipinski definition) is 5. The van der Waals surface area contributed by atoms with Gasteiger partial charge in [0, 0.05) is 18.7 Å². The second kappa shape index (κ2) is 6.51. The fourth-order valence-electron chi connectivity index (χ4n) is 2.78. The largest absolute Gasteiger partial charge is 0.497 e. The average Bonchev–Trinajstić information content (AvgIpc) is 3.25. The maximum atomic E-state index is 13.4. The lowest BCUT2D eigenvalue weighted by Gasteiger charge is -2.03. The molecule has 1 N–H and O–H groups in total. The predicted molar refractivity (Wildman–Crippen MR) is 96.5 cm³/mol. The van der Waals surface area contributed by atoms with Crippen molar-refractivity contribution in [1.29, 1.82) is 0 Å². The van der Waals surface area contributed by atoms with Crippen LogP contribution in [-0.4, -0.2) is 21.8 Å². The number of benzene rings is 2. The highest BCUT2D eigenvalue weighted by Gasteiger charge is 2.11. The van der Waals surface area contributed by atoms with Crippen molar-refractivity contribution in [3.63, 3.8) is 0 Å². The summed E-state index contributed by atoms with van der Waals surface area (Å²) >= 11 is 0. The lowest BCUT2D eigenvalue weighted by molar-refractivity contribution is 0.389. The summed E-state index contributed by atoms with van der Waals surface area (Å²) in [5, 5.41) is 7.30. The molecule has 0 aliphatic rings. The Bertz CT molecular complexity index is 1050. The standard InChI is InChI=1S/C19H17FN4O2/c1-24-18-9-13(20)5-8-16(18)22-19(24)21-11-15-10-17(23-26-15)12-3-6-14(25-2)7-4-12/h3-10H,11H2,1-2H3,(H,21,22). The van der Waals surface area contributed by atoms with E-state index in [-0.39, 0.29) is 5.82 Å². The zero-order valence-electron chi connectivity index (χ0n) is 14.4. The van der Waals surface area contributed by atoms with E-state index in [2.05, 4.69) is 15.5 Å². The van der Waals surface area contributed by atoms with Crippen LogP contribution >= 0.6 is 0 Å². The molecule has 0 saturated heterocycles. The third kappa shape index (κ3) is 2.99. The summed E-state index contributed by atoms with van der Waals surface area (Å²) in [6.07, 6.45) is 0. The Morgan fingerprint density at radius 3 is 2.73 bits per heavy atom. The SMILES string of the molecule is COc1ccc(-c2cc(CNc3nc4ccc(F)cc4n3C)on2)cc1. The Hall–Kier alpha value is -3.35. The molecule has 7 heteroatoms. The van der Waals surface area contributed by atoms with Crippen LogP contribution in [0.5, 0.6) is 5.75 Å². The summed E-state index contributed by atoms with van der Waals surface area (Å²) in [5.41, 5.74) is 3.15. The molecule has 6 nitrogen and oxygen atoms in total. The first-order chi connectivity index (χ1) is 12.6. The zero-order chi connectivity index (χ0) is 18.1. The monoisotopic (exact) mass is 352 g/mol. The van der Waals surface area contributed by atoms with Crippen LogP contribution in [0.2, 0.25) is 0 Å². The normalized spacial score (nSPS) is 11.0. The van der Waals surface area contributed by atoms with Crippen LogP contribution in [0.25, 0.3) is 22.3 Å². The summed E-state index contributed by atoms with van der Waals surface area (Å²) in [7, 11) is 3.46. The Kier molecular flexibility index (Phi) is 4.04. The van der Waals surface area contributed by atoms with Gasteiger partial charge in [0.05, 0.1) is 24.7 Å². The van der Waals surface area contributed by atoms with Crippen molar-refractivity contribution in [2.24, 2.45) is 7.05 Å². The molecule has 0 bridgehead atoms. The highest BCUT2D eigenvalue weighted by molar-refractivity contribution is 5.78. The third-order valence-electron chi connectivity index (χ3n) is 4.21. The number of nitrogens with zero attached hydrogens (tertiary/aromatic N) is 3. The summed E-state index contributed by atoms with van der Waals surface area (Å²) in [5.74, 6) is 1.81. The number of hydrogen-bond donors (Lipinski definition) is 1. The number of halogens is 1. The molecule has 26 heavy (non-hydrogen) atoms. The number of aromatic nitrogens is 3. The van der Waals surface area contributed by atoms with Gasteiger partial charge in [0.1, 0.15) is 17.3 Å². The number of aryl methyl sites for hydroxylation is 1. The van der Waals surface area contributed by atoms with E-state index in [0.717, 1.165) is 28.0 Å². The van der Waals surface area contributed by atoms with E-state index in [0.29, 0.717) is 18.3 Å². The number of ether oxygens (including phenoxy) is 1. The summed E-state index contributed by atoms with van der Waals surface area (Å²) < 4.78 is 25.7. The van der Waals surface area contributed by atoms with Crippen LogP contribution in [0.15, 0.2) is 53.1 Å². The van der Waals surface area contributed by atoms with Gasteiger partial charge in [-0.3, -0.25) is 0 Å². The van der Waals surface area contributed by atoms with Crippen LogP contribution in [0.3, 0.4) is 0 Å². The number of nitrogens with one attached hydrogen (secondary N) is 1. The first kappa shape index (κ1) is 16.1. The molecule has 0 radical (unpaired) electrons. The minimum atomic E-state index is -0.286. The highest BCUT2D eigenvalue weighted by Crippen LogP contribution is 2.23. The number of anilines is 1. The Morgan fingerprint density at radius 1 is 1.15 bits per heavy atom. The van der Waals surface area contributed by atoms with Crippen LogP contribution in [0, 0.1) is 5.82 Å². The van der Waals surface area contributed by atoms with Crippen molar-refractivity contribution >= 4 is 17.0 Å². The van der Waals surface area contributed by atoms with Crippen LogP contribution in [0.4, 0.5) is 10.3 Å². The van der Waals surface area contributed by atoms with Crippen molar-refractivity contribution in [1.82, 2.24) is 14.7 Å². The molecular formula is C19H17FN4O2. The fourth-order valence-corrected chi connectivity index (χ4v) is 2.78. The number of methoxy groups -OCH3 is 1. The van der Waals surface area contributed by atoms with Gasteiger partial charge in [-0.2, -0.15) is 0 Å². The molecule has 2 aromatic carbocycles. The number of rotatable bonds is 5. The molecule has 2 heterocycles. The van der Waals surface area contributed by atoms with E-state index in [1.807, 2.05) is 37.4 Å². The Labute approximate surface area is 149 Å². The molecular weight excluding hydrogens is 335 g/mol. The van der Waals surface area contributed by atoms with Crippen molar-refractivity contribution in [2.75, 3.05) is 12.4 Å². The maximum absolute atomic E-state index is 13.4. The van der Waals surface area contributed by atoms with Gasteiger partial charge >= 0.3 is 0 Å². The topological polar surface area (TPSA) is 65.1 Å². The van der Waals surface area contributed by atoms with Gasteiger partial charge in [-0.25, -0.2) is 9.37 Å². The third-order valence-corrected chi connectivity index (χ3v) is 4.21. The molecule has 0 atom stereocenters. The van der Waals surface area contributed by atoms with Crippen LogP contribution in [0.1, 0.15) is 5.76 Å². The van der Waals surface area contributed by atoms with E-state index in [4.69, 9.17) is 9.26 Å². The maximum Gasteiger partial charge on any atom is 0.203 e. The van der Waals surface area contributed by atoms with Gasteiger partial charge in [0.2, 0.25) is 5.95 Å². The Morgan fingerprint density at radius 2 is 1.96 bits per heavy atom. The first-order valence-electron chi connectivity index (χ1n) is 8.10. The average molecular weight is 352 g/mol. The molecule has 0 saturated carbocycles. The van der Waals surface area contributed by atoms with Gasteiger partial charge < -0.3 is 19.1 Å². The van der Waals surface area contributed by atoms with E-state index in [1.165, 1.54) is 12.1 Å². The molecule has 4 rings (SSSR count). The summed E-state index contributed by atoms with van der Waals surface area (Å²) in [4.78, 5) is 4.46. The quantitative estimate of drug-likeness (QED) is 0.588. The van der Waals surface area contributed by atoms with Gasteiger partial charge in [-0.1, -0.05) is 5.16 Å². The van der Waals surface area contributed by atoms with Crippen molar-refractivity contribution in [3.05, 3.63) is 60.1 Å². The van der Waals surface area contributed by atoms with Crippen LogP contribution in [-0.2, 0) is 13.6 Å². The second-order valence-electron chi connectivity index (χ2n) is 5.89. The van der Waals surface area contributed by atoms with E-state index in [1.54, 1.807) is 17.7 Å². The molecule has 2 aromatic heterocycles. The first-order valence-corrected chi connectivity index (χ1v) is 8.10. The van der Waals surface area contributed by atoms with Gasteiger partial charge in [-0.05, 0) is 42.5 Å². The predicted octanol–water partition coefficient (Wildman–Crippen LogP) is 3.99. The molecule has 0 spiro atoms. The van der Waals surface area contributed by atoms with E-state index >= 15 is 0 Å². The van der Waals surface area contributed by atoms with Gasteiger partial charge in [0.15, 0.2) is 5.76 Å². The number of imidazole rings is 1. The molecule has 0 aliphatic carbocycles.